The van der Waals surface area contributed by atoms with Gasteiger partial charge in [-0.25, -0.2) is 10.0 Å². The predicted octanol–water partition coefficient (Wildman–Crippen LogP) is -0.242. The lowest BCUT2D eigenvalue weighted by Crippen LogP contribution is -2.39. The molecular weight excluding hydrogens is 126 g/mol. The van der Waals surface area contributed by atoms with Crippen LogP contribution in [0, 0.1) is 0 Å². The summed E-state index contributed by atoms with van der Waals surface area (Å²) in [5, 5.41) is 7.90. The van der Waals surface area contributed by atoms with Gasteiger partial charge >= 0.3 is 0 Å². The molecule has 3 nitrogen and oxygen atoms in total. The molecule has 1 N–H and O–H groups in total. The van der Waals surface area contributed by atoms with Crippen molar-refractivity contribution in [2.45, 2.75) is 6.42 Å². The van der Waals surface area contributed by atoms with Gasteiger partial charge in [0.15, 0.2) is 0 Å². The zero-order valence-corrected chi connectivity index (χ0v) is 6.93. The van der Waals surface area contributed by atoms with Crippen molar-refractivity contribution in [3.63, 3.8) is 0 Å². The van der Waals surface area contributed by atoms with E-state index in [2.05, 4.69) is 29.4 Å². The minimum absolute atomic E-state index is 1.12. The Bertz CT molecular complexity index is 84.9. The Labute approximate surface area is 63.0 Å². The van der Waals surface area contributed by atoms with E-state index in [1.54, 1.807) is 0 Å². The number of hydrogen-bond acceptors (Lipinski definition) is 3. The second-order valence-corrected chi connectivity index (χ2v) is 2.90. The van der Waals surface area contributed by atoms with E-state index in [1.807, 2.05) is 0 Å². The lowest BCUT2D eigenvalue weighted by atomic mass is 10.4. The molecule has 0 spiro atoms. The second-order valence-electron chi connectivity index (χ2n) is 2.90. The van der Waals surface area contributed by atoms with Gasteiger partial charge in [-0.15, -0.1) is 0 Å². The molecule has 0 amide bonds. The van der Waals surface area contributed by atoms with Crippen molar-refractivity contribution in [2.75, 3.05) is 40.3 Å². The van der Waals surface area contributed by atoms with Crippen molar-refractivity contribution in [1.29, 1.82) is 0 Å². The van der Waals surface area contributed by atoms with Crippen LogP contribution in [0.25, 0.3) is 0 Å². The Balaban J connectivity index is 2.28. The fourth-order valence-electron chi connectivity index (χ4n) is 1.23. The third-order valence-electron chi connectivity index (χ3n) is 1.88. The summed E-state index contributed by atoms with van der Waals surface area (Å²) in [5.41, 5.74) is 0. The summed E-state index contributed by atoms with van der Waals surface area (Å²) in [6.07, 6.45) is 1.26. The van der Waals surface area contributed by atoms with Crippen LogP contribution >= 0.6 is 0 Å². The van der Waals surface area contributed by atoms with Gasteiger partial charge in [0.05, 0.1) is 0 Å². The van der Waals surface area contributed by atoms with Gasteiger partial charge in [0, 0.05) is 33.7 Å². The average Bonchev–Trinajstić information content (AvgIpc) is 2.12. The highest BCUT2D eigenvalue weighted by Crippen LogP contribution is 1.95. The van der Waals surface area contributed by atoms with E-state index in [0.29, 0.717) is 0 Å². The quantitative estimate of drug-likeness (QED) is 0.546. The monoisotopic (exact) mass is 143 g/mol. The molecule has 0 aromatic carbocycles. The van der Waals surface area contributed by atoms with E-state index >= 15 is 0 Å². The lowest BCUT2D eigenvalue weighted by Gasteiger charge is -2.26. The first kappa shape index (κ1) is 7.98. The largest absolute Gasteiger partial charge is 0.315 e. The number of rotatable bonds is 1. The first-order chi connectivity index (χ1) is 4.80. The third-order valence-corrected chi connectivity index (χ3v) is 1.88. The van der Waals surface area contributed by atoms with E-state index in [9.17, 15) is 0 Å². The molecule has 3 heteroatoms. The van der Waals surface area contributed by atoms with Crippen molar-refractivity contribution >= 4 is 0 Å². The van der Waals surface area contributed by atoms with Crippen molar-refractivity contribution in [3.8, 4) is 0 Å². The van der Waals surface area contributed by atoms with Gasteiger partial charge in [-0.2, -0.15) is 0 Å². The summed E-state index contributed by atoms with van der Waals surface area (Å²) in [6.45, 7) is 4.63. The summed E-state index contributed by atoms with van der Waals surface area (Å²) < 4.78 is 0. The molecule has 1 aliphatic heterocycles. The Kier molecular flexibility index (Phi) is 3.12. The van der Waals surface area contributed by atoms with E-state index in [4.69, 9.17) is 0 Å². The van der Waals surface area contributed by atoms with Gasteiger partial charge < -0.3 is 5.32 Å². The van der Waals surface area contributed by atoms with Crippen LogP contribution in [-0.4, -0.2) is 50.3 Å². The molecule has 1 rings (SSSR count). The zero-order valence-electron chi connectivity index (χ0n) is 6.93. The molecule has 0 aliphatic carbocycles. The molecule has 1 fully saturated rings. The van der Waals surface area contributed by atoms with E-state index in [-0.39, 0.29) is 0 Å². The highest BCUT2D eigenvalue weighted by atomic mass is 15.6. The van der Waals surface area contributed by atoms with Gasteiger partial charge in [0.1, 0.15) is 0 Å². The summed E-state index contributed by atoms with van der Waals surface area (Å²) in [5.74, 6) is 0. The average molecular weight is 143 g/mol. The zero-order chi connectivity index (χ0) is 7.40. The lowest BCUT2D eigenvalue weighted by molar-refractivity contribution is 0.0327. The summed E-state index contributed by atoms with van der Waals surface area (Å²) in [7, 11) is 4.20. The van der Waals surface area contributed by atoms with Gasteiger partial charge in [-0.1, -0.05) is 0 Å². The highest BCUT2D eigenvalue weighted by molar-refractivity contribution is 4.61. The molecule has 10 heavy (non-hydrogen) atoms. The van der Waals surface area contributed by atoms with Crippen molar-refractivity contribution in [1.82, 2.24) is 15.3 Å². The smallest absolute Gasteiger partial charge is 0.0258 e. The fraction of sp³-hybridized carbons (Fsp3) is 1.00. The maximum Gasteiger partial charge on any atom is 0.0258 e. The Hall–Kier alpha value is -0.120. The molecule has 1 heterocycles. The fourth-order valence-corrected chi connectivity index (χ4v) is 1.23. The number of hydrazine groups is 1. The van der Waals surface area contributed by atoms with Crippen molar-refractivity contribution < 1.29 is 0 Å². The van der Waals surface area contributed by atoms with Crippen LogP contribution in [0.15, 0.2) is 0 Å². The molecule has 0 bridgehead atoms. The number of hydrogen-bond donors (Lipinski definition) is 1. The van der Waals surface area contributed by atoms with E-state index in [0.717, 1.165) is 13.1 Å². The van der Waals surface area contributed by atoms with Crippen LogP contribution in [0.3, 0.4) is 0 Å². The van der Waals surface area contributed by atoms with Crippen LogP contribution in [-0.2, 0) is 0 Å². The standard InChI is InChI=1S/C7H17N3/c1-9(2)10-6-3-4-8-5-7-10/h8H,3-7H2,1-2H3. The van der Waals surface area contributed by atoms with E-state index in [1.165, 1.54) is 19.5 Å². The van der Waals surface area contributed by atoms with Gasteiger partial charge in [-0.05, 0) is 13.0 Å². The van der Waals surface area contributed by atoms with Gasteiger partial charge in [-0.3, -0.25) is 0 Å². The summed E-state index contributed by atoms with van der Waals surface area (Å²) in [4.78, 5) is 0. The normalized spacial score (nSPS) is 23.1. The van der Waals surface area contributed by atoms with E-state index < -0.39 is 0 Å². The predicted molar refractivity (Wildman–Crippen MR) is 42.7 cm³/mol. The van der Waals surface area contributed by atoms with Crippen LogP contribution in [0.2, 0.25) is 0 Å². The molecule has 0 unspecified atom stereocenters. The molecule has 60 valence electrons. The summed E-state index contributed by atoms with van der Waals surface area (Å²) >= 11 is 0. The molecular formula is C7H17N3. The molecule has 1 aliphatic rings. The van der Waals surface area contributed by atoms with Crippen LogP contribution in [0.5, 0.6) is 0 Å². The maximum atomic E-state index is 3.36. The Morgan fingerprint density at radius 3 is 2.70 bits per heavy atom. The van der Waals surface area contributed by atoms with Crippen LogP contribution < -0.4 is 5.32 Å². The Morgan fingerprint density at radius 2 is 2.00 bits per heavy atom. The first-order valence-electron chi connectivity index (χ1n) is 3.93. The molecule has 0 aromatic heterocycles. The molecule has 0 atom stereocenters. The number of nitrogens with one attached hydrogen (secondary N) is 1. The first-order valence-corrected chi connectivity index (χ1v) is 3.93. The minimum atomic E-state index is 1.12. The minimum Gasteiger partial charge on any atom is -0.315 e. The Morgan fingerprint density at radius 1 is 1.20 bits per heavy atom. The van der Waals surface area contributed by atoms with Crippen LogP contribution in [0.4, 0.5) is 0 Å². The van der Waals surface area contributed by atoms with Crippen molar-refractivity contribution in [2.24, 2.45) is 0 Å². The third kappa shape index (κ3) is 2.25. The van der Waals surface area contributed by atoms with Gasteiger partial charge in [0.25, 0.3) is 0 Å². The highest BCUT2D eigenvalue weighted by Gasteiger charge is 2.08. The molecule has 0 saturated carbocycles. The van der Waals surface area contributed by atoms with Gasteiger partial charge in [0.2, 0.25) is 0 Å². The topological polar surface area (TPSA) is 18.5 Å². The van der Waals surface area contributed by atoms with Crippen LogP contribution in [0.1, 0.15) is 6.42 Å². The maximum absolute atomic E-state index is 3.36. The molecule has 1 saturated heterocycles. The second kappa shape index (κ2) is 3.91. The summed E-state index contributed by atoms with van der Waals surface area (Å²) in [6, 6.07) is 0. The molecule has 0 radical (unpaired) electrons. The molecule has 0 aromatic rings. The van der Waals surface area contributed by atoms with Crippen molar-refractivity contribution in [3.05, 3.63) is 0 Å². The SMILES string of the molecule is CN(C)N1CCCNCC1. The number of nitrogens with zero attached hydrogens (tertiary/aromatic N) is 2.